The molecule has 1 aliphatic rings. The predicted octanol–water partition coefficient (Wildman–Crippen LogP) is 3.25. The fourth-order valence-corrected chi connectivity index (χ4v) is 2.35. The number of carbonyl (C=O) groups is 1. The van der Waals surface area contributed by atoms with Gasteiger partial charge in [-0.15, -0.1) is 0 Å². The Kier molecular flexibility index (Phi) is 3.31. The van der Waals surface area contributed by atoms with Crippen molar-refractivity contribution >= 4 is 33.8 Å². The minimum Gasteiger partial charge on any atom is -0.321 e. The van der Waals surface area contributed by atoms with Gasteiger partial charge in [-0.3, -0.25) is 8.72 Å². The number of benzene rings is 1. The van der Waals surface area contributed by atoms with Gasteiger partial charge in [0.1, 0.15) is 17.7 Å². The van der Waals surface area contributed by atoms with Crippen LogP contribution >= 0.6 is 16.1 Å². The van der Waals surface area contributed by atoms with E-state index in [-0.39, 0.29) is 12.1 Å². The van der Waals surface area contributed by atoms with E-state index in [1.165, 1.54) is 0 Å². The van der Waals surface area contributed by atoms with Crippen molar-refractivity contribution in [1.29, 1.82) is 0 Å². The van der Waals surface area contributed by atoms with E-state index >= 15 is 0 Å². The van der Waals surface area contributed by atoms with Gasteiger partial charge in [0.25, 0.3) is 5.91 Å². The zero-order valence-corrected chi connectivity index (χ0v) is 12.4. The number of rotatable bonds is 2. The predicted molar refractivity (Wildman–Crippen MR) is 81.1 cm³/mol. The molecular formula is C14H13BrN4O. The van der Waals surface area contributed by atoms with Crippen molar-refractivity contribution in [3.63, 3.8) is 0 Å². The van der Waals surface area contributed by atoms with Gasteiger partial charge >= 0.3 is 0 Å². The lowest BCUT2D eigenvalue weighted by Crippen LogP contribution is -2.21. The monoisotopic (exact) mass is 332 g/mol. The molecule has 0 saturated carbocycles. The van der Waals surface area contributed by atoms with Crippen LogP contribution in [0.2, 0.25) is 0 Å². The van der Waals surface area contributed by atoms with E-state index in [0.29, 0.717) is 5.69 Å². The van der Waals surface area contributed by atoms with Crippen LogP contribution in [0.25, 0.3) is 6.08 Å². The van der Waals surface area contributed by atoms with Gasteiger partial charge in [-0.2, -0.15) is 0 Å². The molecule has 20 heavy (non-hydrogen) atoms. The normalized spacial score (nSPS) is 16.9. The Morgan fingerprint density at radius 3 is 2.85 bits per heavy atom. The van der Waals surface area contributed by atoms with Crippen LogP contribution in [0.15, 0.2) is 42.7 Å². The largest absolute Gasteiger partial charge is 0.321 e. The topological polar surface area (TPSA) is 50.2 Å². The van der Waals surface area contributed by atoms with Crippen LogP contribution in [-0.4, -0.2) is 19.4 Å². The maximum absolute atomic E-state index is 12.2. The van der Waals surface area contributed by atoms with E-state index in [2.05, 4.69) is 26.4 Å². The highest BCUT2D eigenvalue weighted by Crippen LogP contribution is 2.25. The summed E-state index contributed by atoms with van der Waals surface area (Å²) in [6.45, 7) is 2.02. The summed E-state index contributed by atoms with van der Waals surface area (Å²) in [5.41, 5.74) is 1.16. The Balaban J connectivity index is 1.84. The van der Waals surface area contributed by atoms with E-state index in [0.717, 1.165) is 11.5 Å². The number of hydrogen-bond acceptors (Lipinski definition) is 3. The van der Waals surface area contributed by atoms with E-state index in [9.17, 15) is 4.79 Å². The van der Waals surface area contributed by atoms with Crippen molar-refractivity contribution in [2.75, 3.05) is 5.32 Å². The average Bonchev–Trinajstić information content (AvgIpc) is 2.89. The summed E-state index contributed by atoms with van der Waals surface area (Å²) >= 11 is 3.42. The van der Waals surface area contributed by atoms with Crippen LogP contribution in [-0.2, 0) is 0 Å². The molecule has 1 N–H and O–H groups in total. The third-order valence-electron chi connectivity index (χ3n) is 3.15. The first-order valence-electron chi connectivity index (χ1n) is 6.23. The van der Waals surface area contributed by atoms with Gasteiger partial charge in [0.2, 0.25) is 0 Å². The van der Waals surface area contributed by atoms with Crippen LogP contribution in [0, 0.1) is 0 Å². The average molecular weight is 333 g/mol. The zero-order valence-electron chi connectivity index (χ0n) is 10.8. The first-order chi connectivity index (χ1) is 9.65. The summed E-state index contributed by atoms with van der Waals surface area (Å²) in [4.78, 5) is 16.5. The highest BCUT2D eigenvalue weighted by molar-refractivity contribution is 9.07. The molecule has 0 bridgehead atoms. The molecule has 1 aromatic carbocycles. The molecule has 0 radical (unpaired) electrons. The van der Waals surface area contributed by atoms with Crippen LogP contribution in [0.3, 0.4) is 0 Å². The number of amides is 1. The second kappa shape index (κ2) is 5.13. The number of para-hydroxylation sites is 1. The van der Waals surface area contributed by atoms with Gasteiger partial charge in [0.15, 0.2) is 0 Å². The smallest absolute Gasteiger partial charge is 0.275 e. The number of halogens is 1. The molecule has 1 aromatic heterocycles. The SMILES string of the molecule is CC1N(Br)C=Cc2nc(C(=O)Nc3ccccc3)cn21. The standard InChI is InChI=1S/C14H13BrN4O/c1-10-18-9-12(17-13(18)7-8-19(10)15)14(20)16-11-5-3-2-4-6-11/h2-10H,1H3,(H,16,20). The number of nitrogens with zero attached hydrogens (tertiary/aromatic N) is 3. The quantitative estimate of drug-likeness (QED) is 0.859. The number of carbonyl (C=O) groups excluding carboxylic acids is 1. The highest BCUT2D eigenvalue weighted by atomic mass is 79.9. The van der Waals surface area contributed by atoms with E-state index in [1.54, 1.807) is 6.20 Å². The number of fused-ring (bicyclic) bond motifs is 1. The lowest BCUT2D eigenvalue weighted by Gasteiger charge is -2.26. The summed E-state index contributed by atoms with van der Waals surface area (Å²) in [6.07, 6.45) is 5.57. The third kappa shape index (κ3) is 2.34. The lowest BCUT2D eigenvalue weighted by molar-refractivity contribution is 0.102. The molecule has 1 amide bonds. The molecule has 0 spiro atoms. The second-order valence-corrected chi connectivity index (χ2v) is 5.32. The summed E-state index contributed by atoms with van der Waals surface area (Å²) < 4.78 is 3.81. The molecule has 0 aliphatic carbocycles. The Labute approximate surface area is 125 Å². The molecule has 2 aromatic rings. The van der Waals surface area contributed by atoms with Gasteiger partial charge in [0.05, 0.1) is 16.1 Å². The number of imidazole rings is 1. The van der Waals surface area contributed by atoms with Crippen LogP contribution < -0.4 is 5.32 Å². The van der Waals surface area contributed by atoms with Crippen molar-refractivity contribution in [3.05, 3.63) is 54.2 Å². The molecule has 6 heteroatoms. The molecule has 0 fully saturated rings. The van der Waals surface area contributed by atoms with Crippen LogP contribution in [0.4, 0.5) is 5.69 Å². The van der Waals surface area contributed by atoms with Crippen molar-refractivity contribution in [2.45, 2.75) is 13.1 Å². The number of anilines is 1. The fraction of sp³-hybridized carbons (Fsp3) is 0.143. The van der Waals surface area contributed by atoms with E-state index in [4.69, 9.17) is 0 Å². The van der Waals surface area contributed by atoms with E-state index < -0.39 is 0 Å². The maximum atomic E-state index is 12.2. The van der Waals surface area contributed by atoms with Crippen molar-refractivity contribution < 1.29 is 4.79 Å². The lowest BCUT2D eigenvalue weighted by atomic mass is 10.3. The molecule has 1 unspecified atom stereocenters. The molecule has 1 aliphatic heterocycles. The number of hydrogen-bond donors (Lipinski definition) is 1. The molecule has 102 valence electrons. The Bertz CT molecular complexity index is 665. The van der Waals surface area contributed by atoms with Crippen molar-refractivity contribution in [2.24, 2.45) is 0 Å². The molecule has 2 heterocycles. The molecule has 3 rings (SSSR count). The van der Waals surface area contributed by atoms with Crippen molar-refractivity contribution in [3.8, 4) is 0 Å². The fourth-order valence-electron chi connectivity index (χ4n) is 2.04. The minimum absolute atomic E-state index is 0.0702. The van der Waals surface area contributed by atoms with Gasteiger partial charge < -0.3 is 9.88 Å². The Hall–Kier alpha value is -2.08. The van der Waals surface area contributed by atoms with Crippen LogP contribution in [0.5, 0.6) is 0 Å². The van der Waals surface area contributed by atoms with Crippen LogP contribution in [0.1, 0.15) is 29.4 Å². The molecule has 0 saturated heterocycles. The molecular weight excluding hydrogens is 320 g/mol. The summed E-state index contributed by atoms with van der Waals surface area (Å²) in [5, 5.41) is 2.83. The third-order valence-corrected chi connectivity index (χ3v) is 3.98. The number of nitrogens with one attached hydrogen (secondary N) is 1. The second-order valence-electron chi connectivity index (χ2n) is 4.50. The minimum atomic E-state index is -0.208. The maximum Gasteiger partial charge on any atom is 0.275 e. The number of aromatic nitrogens is 2. The highest BCUT2D eigenvalue weighted by Gasteiger charge is 2.21. The first-order valence-corrected chi connectivity index (χ1v) is 6.93. The summed E-state index contributed by atoms with van der Waals surface area (Å²) in [6, 6.07) is 9.35. The Morgan fingerprint density at radius 2 is 2.10 bits per heavy atom. The van der Waals surface area contributed by atoms with Gasteiger partial charge in [-0.25, -0.2) is 4.98 Å². The zero-order chi connectivity index (χ0) is 14.1. The van der Waals surface area contributed by atoms with Gasteiger partial charge in [-0.05, 0) is 25.1 Å². The van der Waals surface area contributed by atoms with Gasteiger partial charge in [0, 0.05) is 18.1 Å². The van der Waals surface area contributed by atoms with E-state index in [1.807, 2.05) is 58.0 Å². The van der Waals surface area contributed by atoms with Crippen molar-refractivity contribution in [1.82, 2.24) is 13.5 Å². The first kappa shape index (κ1) is 12.9. The van der Waals surface area contributed by atoms with Gasteiger partial charge in [-0.1, -0.05) is 18.2 Å². The molecule has 1 atom stereocenters. The molecule has 5 nitrogen and oxygen atoms in total. The summed E-state index contributed by atoms with van der Waals surface area (Å²) in [5.74, 6) is 0.561. The summed E-state index contributed by atoms with van der Waals surface area (Å²) in [7, 11) is 0. The Morgan fingerprint density at radius 1 is 1.35 bits per heavy atom.